The zero-order valence-corrected chi connectivity index (χ0v) is 7.66. The second-order valence-corrected chi connectivity index (χ2v) is 3.52. The summed E-state index contributed by atoms with van der Waals surface area (Å²) in [5.41, 5.74) is 0. The lowest BCUT2D eigenvalue weighted by molar-refractivity contribution is -0.207. The molecule has 3 unspecified atom stereocenters. The smallest absolute Gasteiger partial charge is 0.112 e. The summed E-state index contributed by atoms with van der Waals surface area (Å²) in [5, 5.41) is 37.7. The van der Waals surface area contributed by atoms with E-state index in [2.05, 4.69) is 0 Å². The van der Waals surface area contributed by atoms with Gasteiger partial charge in [-0.05, 0) is 0 Å². The molecule has 1 aliphatic carbocycles. The van der Waals surface area contributed by atoms with Crippen LogP contribution in [0, 0.1) is 5.92 Å². The fourth-order valence-electron chi connectivity index (χ4n) is 1.69. The van der Waals surface area contributed by atoms with Crippen LogP contribution in [0.5, 0.6) is 0 Å². The molecule has 78 valence electrons. The predicted octanol–water partition coefficient (Wildman–Crippen LogP) is -1.91. The summed E-state index contributed by atoms with van der Waals surface area (Å²) in [6.07, 6.45) is -5.42. The fourth-order valence-corrected chi connectivity index (χ4v) is 1.69. The molecule has 13 heavy (non-hydrogen) atoms. The third-order valence-electron chi connectivity index (χ3n) is 2.72. The summed E-state index contributed by atoms with van der Waals surface area (Å²) in [5.74, 6) is -0.511. The Morgan fingerprint density at radius 1 is 0.846 bits per heavy atom. The summed E-state index contributed by atoms with van der Waals surface area (Å²) < 4.78 is 4.83. The van der Waals surface area contributed by atoms with Gasteiger partial charge in [-0.25, -0.2) is 0 Å². The van der Waals surface area contributed by atoms with E-state index >= 15 is 0 Å². The predicted molar refractivity (Wildman–Crippen MR) is 44.0 cm³/mol. The monoisotopic (exact) mass is 192 g/mol. The highest BCUT2D eigenvalue weighted by molar-refractivity contribution is 4.97. The quantitative estimate of drug-likeness (QED) is 0.389. The van der Waals surface area contributed by atoms with Crippen molar-refractivity contribution < 1.29 is 25.2 Å². The van der Waals surface area contributed by atoms with Crippen molar-refractivity contribution in [1.29, 1.82) is 0 Å². The van der Waals surface area contributed by atoms with Crippen LogP contribution in [0.25, 0.3) is 0 Å². The van der Waals surface area contributed by atoms with E-state index in [0.29, 0.717) is 0 Å². The molecular weight excluding hydrogens is 176 g/mol. The molecule has 1 saturated carbocycles. The van der Waals surface area contributed by atoms with Gasteiger partial charge >= 0.3 is 0 Å². The number of aliphatic hydroxyl groups is 4. The standard InChI is InChI=1S/C8H16O5/c1-3-4(9)6(11)7(12)8(13-2)5(3)10/h3-12H,1-2H3/t3-,4?,5?,6-,7?,8+/m1/s1. The molecule has 5 heteroatoms. The Hall–Kier alpha value is -0.200. The molecular formula is C8H16O5. The maximum atomic E-state index is 9.54. The molecule has 1 aliphatic rings. The van der Waals surface area contributed by atoms with Crippen molar-refractivity contribution in [2.24, 2.45) is 5.92 Å². The molecule has 0 radical (unpaired) electrons. The van der Waals surface area contributed by atoms with Gasteiger partial charge in [-0.1, -0.05) is 6.92 Å². The second kappa shape index (κ2) is 3.89. The molecule has 4 N–H and O–H groups in total. The fraction of sp³-hybridized carbons (Fsp3) is 1.00. The molecule has 0 bridgehead atoms. The molecule has 0 saturated heterocycles. The zero-order chi connectivity index (χ0) is 10.2. The molecule has 1 rings (SSSR count). The highest BCUT2D eigenvalue weighted by Crippen LogP contribution is 2.27. The number of methoxy groups -OCH3 is 1. The number of hydrogen-bond donors (Lipinski definition) is 4. The first kappa shape index (κ1) is 10.9. The summed E-state index contributed by atoms with van der Waals surface area (Å²) in [7, 11) is 1.34. The topological polar surface area (TPSA) is 90.2 Å². The highest BCUT2D eigenvalue weighted by Gasteiger charge is 2.46. The van der Waals surface area contributed by atoms with Crippen LogP contribution in [0.3, 0.4) is 0 Å². The first-order valence-corrected chi connectivity index (χ1v) is 4.25. The minimum Gasteiger partial charge on any atom is -0.390 e. The van der Waals surface area contributed by atoms with Crippen molar-refractivity contribution >= 4 is 0 Å². The van der Waals surface area contributed by atoms with Crippen LogP contribution >= 0.6 is 0 Å². The first-order chi connectivity index (χ1) is 6.00. The van der Waals surface area contributed by atoms with Crippen LogP contribution in [0.2, 0.25) is 0 Å². The highest BCUT2D eigenvalue weighted by atomic mass is 16.5. The molecule has 0 amide bonds. The van der Waals surface area contributed by atoms with Crippen molar-refractivity contribution in [3.05, 3.63) is 0 Å². The van der Waals surface area contributed by atoms with E-state index in [-0.39, 0.29) is 0 Å². The van der Waals surface area contributed by atoms with Crippen LogP contribution in [0.15, 0.2) is 0 Å². The van der Waals surface area contributed by atoms with E-state index in [0.717, 1.165) is 0 Å². The number of ether oxygens (including phenoxy) is 1. The summed E-state index contributed by atoms with van der Waals surface area (Å²) in [6, 6.07) is 0. The van der Waals surface area contributed by atoms with Gasteiger partial charge in [-0.3, -0.25) is 0 Å². The van der Waals surface area contributed by atoms with Crippen molar-refractivity contribution in [2.75, 3.05) is 7.11 Å². The summed E-state index contributed by atoms with van der Waals surface area (Å²) in [6.45, 7) is 1.59. The first-order valence-electron chi connectivity index (χ1n) is 4.25. The van der Waals surface area contributed by atoms with Gasteiger partial charge in [0.1, 0.15) is 18.3 Å². The molecule has 0 heterocycles. The van der Waals surface area contributed by atoms with Crippen LogP contribution in [-0.2, 0) is 4.74 Å². The molecule has 0 aliphatic heterocycles. The minimum absolute atomic E-state index is 0.511. The largest absolute Gasteiger partial charge is 0.390 e. The molecule has 0 aromatic rings. The van der Waals surface area contributed by atoms with E-state index in [1.807, 2.05) is 0 Å². The Bertz CT molecular complexity index is 158. The average molecular weight is 192 g/mol. The molecule has 6 atom stereocenters. The van der Waals surface area contributed by atoms with Crippen LogP contribution in [0.1, 0.15) is 6.92 Å². The van der Waals surface area contributed by atoms with Gasteiger partial charge in [-0.15, -0.1) is 0 Å². The Balaban J connectivity index is 2.79. The van der Waals surface area contributed by atoms with Gasteiger partial charge in [-0.2, -0.15) is 0 Å². The molecule has 1 fully saturated rings. The van der Waals surface area contributed by atoms with E-state index in [9.17, 15) is 20.4 Å². The Labute approximate surface area is 76.6 Å². The van der Waals surface area contributed by atoms with Crippen LogP contribution in [-0.4, -0.2) is 58.1 Å². The number of hydrogen-bond acceptors (Lipinski definition) is 5. The van der Waals surface area contributed by atoms with E-state index in [1.54, 1.807) is 6.92 Å². The Morgan fingerprint density at radius 2 is 1.38 bits per heavy atom. The second-order valence-electron chi connectivity index (χ2n) is 3.52. The van der Waals surface area contributed by atoms with Crippen LogP contribution < -0.4 is 0 Å². The van der Waals surface area contributed by atoms with E-state index in [1.165, 1.54) is 7.11 Å². The zero-order valence-electron chi connectivity index (χ0n) is 7.66. The molecule has 5 nitrogen and oxygen atoms in total. The maximum Gasteiger partial charge on any atom is 0.112 e. The number of aliphatic hydroxyl groups excluding tert-OH is 4. The Morgan fingerprint density at radius 3 is 1.85 bits per heavy atom. The maximum absolute atomic E-state index is 9.54. The summed E-state index contributed by atoms with van der Waals surface area (Å²) >= 11 is 0. The van der Waals surface area contributed by atoms with Crippen LogP contribution in [0.4, 0.5) is 0 Å². The number of rotatable bonds is 1. The van der Waals surface area contributed by atoms with Gasteiger partial charge in [0.25, 0.3) is 0 Å². The van der Waals surface area contributed by atoms with Crippen molar-refractivity contribution in [1.82, 2.24) is 0 Å². The van der Waals surface area contributed by atoms with Gasteiger partial charge in [0.2, 0.25) is 0 Å². The van der Waals surface area contributed by atoms with Crippen molar-refractivity contribution in [2.45, 2.75) is 37.4 Å². The van der Waals surface area contributed by atoms with Gasteiger partial charge in [0.15, 0.2) is 0 Å². The lowest BCUT2D eigenvalue weighted by Crippen LogP contribution is -2.60. The van der Waals surface area contributed by atoms with E-state index < -0.39 is 36.4 Å². The SMILES string of the molecule is CO[C@H]1C(O)[C@H](C)C(O)[C@@H](O)C1O. The minimum atomic E-state index is -1.26. The van der Waals surface area contributed by atoms with Gasteiger partial charge in [0, 0.05) is 13.0 Å². The molecule has 0 spiro atoms. The molecule has 0 aromatic heterocycles. The van der Waals surface area contributed by atoms with Gasteiger partial charge in [0.05, 0.1) is 12.2 Å². The van der Waals surface area contributed by atoms with Crippen molar-refractivity contribution in [3.63, 3.8) is 0 Å². The average Bonchev–Trinajstić information content (AvgIpc) is 2.13. The normalized spacial score (nSPS) is 52.2. The molecule has 0 aromatic carbocycles. The van der Waals surface area contributed by atoms with E-state index in [4.69, 9.17) is 4.74 Å². The third kappa shape index (κ3) is 1.70. The Kier molecular flexibility index (Phi) is 3.26. The van der Waals surface area contributed by atoms with Gasteiger partial charge < -0.3 is 25.2 Å². The lowest BCUT2D eigenvalue weighted by atomic mass is 9.79. The summed E-state index contributed by atoms with van der Waals surface area (Å²) in [4.78, 5) is 0. The lowest BCUT2D eigenvalue weighted by Gasteiger charge is -2.41. The van der Waals surface area contributed by atoms with Crippen molar-refractivity contribution in [3.8, 4) is 0 Å². The third-order valence-corrected chi connectivity index (χ3v) is 2.72.